The van der Waals surface area contributed by atoms with Crippen LogP contribution in [-0.4, -0.2) is 44.1 Å². The second-order valence-corrected chi connectivity index (χ2v) is 4.08. The van der Waals surface area contributed by atoms with Gasteiger partial charge in [0.1, 0.15) is 11.6 Å². The molecule has 0 aliphatic carbocycles. The van der Waals surface area contributed by atoms with Crippen LogP contribution in [0.15, 0.2) is 24.3 Å². The van der Waals surface area contributed by atoms with Gasteiger partial charge in [-0.25, -0.2) is 4.39 Å². The van der Waals surface area contributed by atoms with Crippen LogP contribution < -0.4 is 10.1 Å². The maximum absolute atomic E-state index is 13.0. The smallest absolute Gasteiger partial charge is 0.263 e. The fourth-order valence-electron chi connectivity index (χ4n) is 1.49. The van der Waals surface area contributed by atoms with Crippen molar-refractivity contribution in [2.45, 2.75) is 13.0 Å². The van der Waals surface area contributed by atoms with E-state index >= 15 is 0 Å². The molecular formula is C13H20ClFN2O2. The minimum absolute atomic E-state index is 0. The van der Waals surface area contributed by atoms with E-state index in [1.165, 1.54) is 12.1 Å². The molecule has 108 valence electrons. The lowest BCUT2D eigenvalue weighted by atomic mass is 10.3. The number of carbonyl (C=O) groups is 1. The Kier molecular flexibility index (Phi) is 8.11. The number of nitrogens with zero attached hydrogens (tertiary/aromatic N) is 1. The van der Waals surface area contributed by atoms with Crippen molar-refractivity contribution in [3.8, 4) is 5.75 Å². The molecule has 1 rings (SSSR count). The van der Waals surface area contributed by atoms with E-state index in [0.29, 0.717) is 12.3 Å². The number of hydrogen-bond donors (Lipinski definition) is 1. The number of benzene rings is 1. The number of rotatable bonds is 6. The first-order valence-electron chi connectivity index (χ1n) is 5.86. The normalized spacial score (nSPS) is 11.4. The summed E-state index contributed by atoms with van der Waals surface area (Å²) in [7, 11) is 3.54. The lowest BCUT2D eigenvalue weighted by Gasteiger charge is -2.22. The van der Waals surface area contributed by atoms with Crippen molar-refractivity contribution in [3.63, 3.8) is 0 Å². The first kappa shape index (κ1) is 17.7. The molecule has 0 fully saturated rings. The minimum Gasteiger partial charge on any atom is -0.481 e. The summed E-state index contributed by atoms with van der Waals surface area (Å²) in [5, 5.41) is 2.97. The molecule has 0 saturated heterocycles. The van der Waals surface area contributed by atoms with Gasteiger partial charge in [0.2, 0.25) is 0 Å². The van der Waals surface area contributed by atoms with Gasteiger partial charge >= 0.3 is 0 Å². The fraction of sp³-hybridized carbons (Fsp3) is 0.462. The number of amides is 1. The summed E-state index contributed by atoms with van der Waals surface area (Å²) < 4.78 is 18.4. The average molecular weight is 291 g/mol. The summed E-state index contributed by atoms with van der Waals surface area (Å²) in [6.07, 6.45) is -0.631. The van der Waals surface area contributed by atoms with Crippen LogP contribution in [0.5, 0.6) is 5.75 Å². The topological polar surface area (TPSA) is 41.6 Å². The molecule has 1 atom stereocenters. The molecule has 0 spiro atoms. The quantitative estimate of drug-likeness (QED) is 0.867. The van der Waals surface area contributed by atoms with E-state index in [4.69, 9.17) is 4.74 Å². The van der Waals surface area contributed by atoms with Gasteiger partial charge in [0, 0.05) is 26.2 Å². The standard InChI is InChI=1S/C13H19FN2O2.ClH/c1-10(13(17)16(3)8-7-15-2)18-12-6-4-5-11(14)9-12;/h4-6,9-10,15H,7-8H2,1-3H3;1H. The molecule has 1 aromatic carbocycles. The molecule has 4 nitrogen and oxygen atoms in total. The van der Waals surface area contributed by atoms with Gasteiger partial charge in [-0.2, -0.15) is 0 Å². The molecule has 1 amide bonds. The van der Waals surface area contributed by atoms with Crippen LogP contribution in [0.4, 0.5) is 4.39 Å². The molecule has 0 aliphatic heterocycles. The first-order valence-corrected chi connectivity index (χ1v) is 5.86. The molecular weight excluding hydrogens is 271 g/mol. The van der Waals surface area contributed by atoms with Gasteiger partial charge in [0.25, 0.3) is 5.91 Å². The number of hydrogen-bond acceptors (Lipinski definition) is 3. The van der Waals surface area contributed by atoms with Crippen LogP contribution in [0.1, 0.15) is 6.92 Å². The summed E-state index contributed by atoms with van der Waals surface area (Å²) in [4.78, 5) is 13.5. The zero-order valence-electron chi connectivity index (χ0n) is 11.4. The second-order valence-electron chi connectivity index (χ2n) is 4.08. The molecule has 0 radical (unpaired) electrons. The Balaban J connectivity index is 0.00000324. The van der Waals surface area contributed by atoms with Crippen molar-refractivity contribution in [1.29, 1.82) is 0 Å². The van der Waals surface area contributed by atoms with Crippen molar-refractivity contribution in [2.24, 2.45) is 0 Å². The highest BCUT2D eigenvalue weighted by atomic mass is 35.5. The molecule has 19 heavy (non-hydrogen) atoms. The Bertz CT molecular complexity index is 404. The average Bonchev–Trinajstić information content (AvgIpc) is 2.35. The van der Waals surface area contributed by atoms with Crippen molar-refractivity contribution in [1.82, 2.24) is 10.2 Å². The molecule has 6 heteroatoms. The maximum atomic E-state index is 13.0. The summed E-state index contributed by atoms with van der Waals surface area (Å²) >= 11 is 0. The highest BCUT2D eigenvalue weighted by molar-refractivity contribution is 5.85. The largest absolute Gasteiger partial charge is 0.481 e. The van der Waals surface area contributed by atoms with Crippen LogP contribution in [0.3, 0.4) is 0 Å². The van der Waals surface area contributed by atoms with E-state index in [1.807, 2.05) is 7.05 Å². The first-order chi connectivity index (χ1) is 8.54. The van der Waals surface area contributed by atoms with Gasteiger partial charge in [-0.1, -0.05) is 6.07 Å². The number of nitrogens with one attached hydrogen (secondary N) is 1. The van der Waals surface area contributed by atoms with E-state index in [0.717, 1.165) is 6.54 Å². The summed E-state index contributed by atoms with van der Waals surface area (Å²) in [5.41, 5.74) is 0. The van der Waals surface area contributed by atoms with Crippen molar-refractivity contribution in [2.75, 3.05) is 27.2 Å². The third-order valence-corrected chi connectivity index (χ3v) is 2.53. The number of ether oxygens (including phenoxy) is 1. The highest BCUT2D eigenvalue weighted by Gasteiger charge is 2.18. The highest BCUT2D eigenvalue weighted by Crippen LogP contribution is 2.14. The number of likely N-dealkylation sites (N-methyl/N-ethyl adjacent to an activating group) is 2. The lowest BCUT2D eigenvalue weighted by molar-refractivity contribution is -0.136. The molecule has 0 saturated carbocycles. The van der Waals surface area contributed by atoms with E-state index in [1.54, 1.807) is 31.0 Å². The molecule has 0 aromatic heterocycles. The maximum Gasteiger partial charge on any atom is 0.263 e. The fourth-order valence-corrected chi connectivity index (χ4v) is 1.49. The van der Waals surface area contributed by atoms with Gasteiger partial charge in [-0.15, -0.1) is 12.4 Å². The van der Waals surface area contributed by atoms with Crippen LogP contribution in [0, 0.1) is 5.82 Å². The Morgan fingerprint density at radius 3 is 2.79 bits per heavy atom. The van der Waals surface area contributed by atoms with Crippen LogP contribution in [0.25, 0.3) is 0 Å². The monoisotopic (exact) mass is 290 g/mol. The summed E-state index contributed by atoms with van der Waals surface area (Å²) in [6.45, 7) is 2.98. The van der Waals surface area contributed by atoms with Gasteiger partial charge in [-0.3, -0.25) is 4.79 Å². The van der Waals surface area contributed by atoms with Gasteiger partial charge in [0.05, 0.1) is 0 Å². The van der Waals surface area contributed by atoms with Crippen LogP contribution >= 0.6 is 12.4 Å². The van der Waals surface area contributed by atoms with E-state index in [9.17, 15) is 9.18 Å². The van der Waals surface area contributed by atoms with Crippen LogP contribution in [-0.2, 0) is 4.79 Å². The predicted molar refractivity (Wildman–Crippen MR) is 75.3 cm³/mol. The van der Waals surface area contributed by atoms with E-state index in [-0.39, 0.29) is 24.1 Å². The third kappa shape index (κ3) is 5.89. The predicted octanol–water partition coefficient (Wildman–Crippen LogP) is 1.69. The molecule has 1 aromatic rings. The molecule has 0 heterocycles. The number of carbonyl (C=O) groups excluding carboxylic acids is 1. The van der Waals surface area contributed by atoms with Crippen LogP contribution in [0.2, 0.25) is 0 Å². The lowest BCUT2D eigenvalue weighted by Crippen LogP contribution is -2.40. The van der Waals surface area contributed by atoms with E-state index in [2.05, 4.69) is 5.32 Å². The molecule has 0 bridgehead atoms. The van der Waals surface area contributed by atoms with Crippen molar-refractivity contribution < 1.29 is 13.9 Å². The summed E-state index contributed by atoms with van der Waals surface area (Å²) in [5.74, 6) is -0.150. The zero-order chi connectivity index (χ0) is 13.5. The van der Waals surface area contributed by atoms with Crippen molar-refractivity contribution in [3.05, 3.63) is 30.1 Å². The Labute approximate surface area is 119 Å². The third-order valence-electron chi connectivity index (χ3n) is 2.53. The van der Waals surface area contributed by atoms with Crippen molar-refractivity contribution >= 4 is 18.3 Å². The Morgan fingerprint density at radius 2 is 2.21 bits per heavy atom. The Hall–Kier alpha value is -1.33. The number of halogens is 2. The zero-order valence-corrected chi connectivity index (χ0v) is 12.2. The van der Waals surface area contributed by atoms with Gasteiger partial charge < -0.3 is 15.0 Å². The summed E-state index contributed by atoms with van der Waals surface area (Å²) in [6, 6.07) is 5.77. The molecule has 1 N–H and O–H groups in total. The molecule has 1 unspecified atom stereocenters. The molecule has 0 aliphatic rings. The van der Waals surface area contributed by atoms with Gasteiger partial charge in [-0.05, 0) is 26.1 Å². The second kappa shape index (κ2) is 8.72. The van der Waals surface area contributed by atoms with E-state index < -0.39 is 6.10 Å². The minimum atomic E-state index is -0.631. The van der Waals surface area contributed by atoms with Gasteiger partial charge in [0.15, 0.2) is 6.10 Å². The Morgan fingerprint density at radius 1 is 1.53 bits per heavy atom. The SMILES string of the molecule is CNCCN(C)C(=O)C(C)Oc1cccc(F)c1.Cl.